The van der Waals surface area contributed by atoms with Gasteiger partial charge in [0.05, 0.1) is 5.75 Å². The Labute approximate surface area is 112 Å². The molecule has 0 aromatic heterocycles. The zero-order valence-corrected chi connectivity index (χ0v) is 12.7. The number of hydrogen-bond acceptors (Lipinski definition) is 4. The maximum Gasteiger partial charge on any atom is 0.211 e. The van der Waals surface area contributed by atoms with Crippen molar-refractivity contribution in [1.82, 2.24) is 14.5 Å². The zero-order chi connectivity index (χ0) is 13.6. The van der Waals surface area contributed by atoms with Crippen molar-refractivity contribution in [3.63, 3.8) is 0 Å². The van der Waals surface area contributed by atoms with Gasteiger partial charge in [-0.2, -0.15) is 0 Å². The number of nitrogens with zero attached hydrogens (tertiary/aromatic N) is 2. The van der Waals surface area contributed by atoms with Crippen LogP contribution < -0.4 is 4.72 Å². The molecule has 0 unspecified atom stereocenters. The summed E-state index contributed by atoms with van der Waals surface area (Å²) >= 11 is 0. The quantitative estimate of drug-likeness (QED) is 0.729. The van der Waals surface area contributed by atoms with E-state index in [1.165, 1.54) is 0 Å². The van der Waals surface area contributed by atoms with Gasteiger partial charge in [0.1, 0.15) is 0 Å². The van der Waals surface area contributed by atoms with Gasteiger partial charge in [0.25, 0.3) is 0 Å². The summed E-state index contributed by atoms with van der Waals surface area (Å²) in [5.41, 5.74) is 0. The molecule has 0 spiro atoms. The number of nitrogens with one attached hydrogen (secondary N) is 1. The lowest BCUT2D eigenvalue weighted by atomic mass is 10.2. The van der Waals surface area contributed by atoms with Gasteiger partial charge in [-0.15, -0.1) is 0 Å². The molecule has 5 nitrogen and oxygen atoms in total. The molecule has 0 bridgehead atoms. The third-order valence-corrected chi connectivity index (χ3v) is 5.10. The Morgan fingerprint density at radius 1 is 1.17 bits per heavy atom. The van der Waals surface area contributed by atoms with Crippen LogP contribution in [0.1, 0.15) is 27.2 Å². The molecule has 1 fully saturated rings. The molecule has 0 saturated carbocycles. The van der Waals surface area contributed by atoms with E-state index in [9.17, 15) is 8.42 Å². The first-order chi connectivity index (χ1) is 8.48. The van der Waals surface area contributed by atoms with E-state index in [0.717, 1.165) is 32.7 Å². The Bertz CT molecular complexity index is 324. The number of hydrogen-bond donors (Lipinski definition) is 1. The van der Waals surface area contributed by atoms with Crippen molar-refractivity contribution in [2.24, 2.45) is 0 Å². The molecule has 0 aromatic rings. The molecule has 6 heteroatoms. The topological polar surface area (TPSA) is 52.7 Å². The molecule has 1 aliphatic rings. The van der Waals surface area contributed by atoms with E-state index in [-0.39, 0.29) is 11.8 Å². The van der Waals surface area contributed by atoms with Gasteiger partial charge < -0.3 is 4.90 Å². The molecular formula is C12H27N3O2S. The fourth-order valence-corrected chi connectivity index (χ4v) is 3.41. The molecule has 1 saturated heterocycles. The highest BCUT2D eigenvalue weighted by Crippen LogP contribution is 2.05. The second kappa shape index (κ2) is 7.43. The third-order valence-electron chi connectivity index (χ3n) is 3.55. The van der Waals surface area contributed by atoms with Gasteiger partial charge in [0.15, 0.2) is 0 Å². The average molecular weight is 277 g/mol. The van der Waals surface area contributed by atoms with Crippen LogP contribution in [-0.4, -0.2) is 69.3 Å². The van der Waals surface area contributed by atoms with Crippen LogP contribution in [0.4, 0.5) is 0 Å². The fraction of sp³-hybridized carbons (Fsp3) is 1.00. The highest BCUT2D eigenvalue weighted by atomic mass is 32.2. The van der Waals surface area contributed by atoms with E-state index < -0.39 is 10.0 Å². The smallest absolute Gasteiger partial charge is 0.211 e. The molecule has 0 aromatic carbocycles. The van der Waals surface area contributed by atoms with Crippen LogP contribution in [-0.2, 0) is 10.0 Å². The van der Waals surface area contributed by atoms with E-state index in [4.69, 9.17) is 0 Å². The van der Waals surface area contributed by atoms with Crippen molar-refractivity contribution in [1.29, 1.82) is 0 Å². The second-order valence-corrected chi connectivity index (χ2v) is 6.91. The van der Waals surface area contributed by atoms with E-state index in [2.05, 4.69) is 28.4 Å². The minimum atomic E-state index is -3.07. The molecular weight excluding hydrogens is 250 g/mol. The average Bonchev–Trinajstić information content (AvgIpc) is 2.36. The SMILES string of the molecule is CCCS(=O)(=O)NC[C@@H](C)N1CCN(CC)CC1. The molecule has 1 heterocycles. The van der Waals surface area contributed by atoms with Gasteiger partial charge >= 0.3 is 0 Å². The Morgan fingerprint density at radius 2 is 1.78 bits per heavy atom. The van der Waals surface area contributed by atoms with Gasteiger partial charge in [0.2, 0.25) is 10.0 Å². The third kappa shape index (κ3) is 5.22. The molecule has 1 aliphatic heterocycles. The predicted octanol–water partition coefficient (Wildman–Crippen LogP) is 0.342. The Hall–Kier alpha value is -0.170. The first kappa shape index (κ1) is 15.9. The number of sulfonamides is 1. The molecule has 18 heavy (non-hydrogen) atoms. The van der Waals surface area contributed by atoms with Crippen LogP contribution in [0.5, 0.6) is 0 Å². The van der Waals surface area contributed by atoms with Gasteiger partial charge in [-0.25, -0.2) is 13.1 Å². The maximum atomic E-state index is 11.6. The highest BCUT2D eigenvalue weighted by molar-refractivity contribution is 7.89. The molecule has 0 radical (unpaired) electrons. The molecule has 1 N–H and O–H groups in total. The van der Waals surface area contributed by atoms with Crippen molar-refractivity contribution in [3.8, 4) is 0 Å². The summed E-state index contributed by atoms with van der Waals surface area (Å²) in [5.74, 6) is 0.226. The van der Waals surface area contributed by atoms with Gasteiger partial charge in [-0.3, -0.25) is 4.90 Å². The van der Waals surface area contributed by atoms with E-state index >= 15 is 0 Å². The highest BCUT2D eigenvalue weighted by Gasteiger charge is 2.21. The normalized spacial score (nSPS) is 21.1. The van der Waals surface area contributed by atoms with E-state index in [1.54, 1.807) is 0 Å². The lowest BCUT2D eigenvalue weighted by Gasteiger charge is -2.37. The molecule has 108 valence electrons. The van der Waals surface area contributed by atoms with Gasteiger partial charge in [0, 0.05) is 38.8 Å². The molecule has 1 rings (SSSR count). The number of rotatable bonds is 7. The molecule has 0 aliphatic carbocycles. The Morgan fingerprint density at radius 3 is 2.28 bits per heavy atom. The Balaban J connectivity index is 2.31. The van der Waals surface area contributed by atoms with Crippen molar-refractivity contribution >= 4 is 10.0 Å². The van der Waals surface area contributed by atoms with Crippen LogP contribution >= 0.6 is 0 Å². The van der Waals surface area contributed by atoms with Crippen LogP contribution in [0.15, 0.2) is 0 Å². The monoisotopic (exact) mass is 277 g/mol. The zero-order valence-electron chi connectivity index (χ0n) is 11.9. The Kier molecular flexibility index (Phi) is 6.55. The lowest BCUT2D eigenvalue weighted by molar-refractivity contribution is 0.107. The largest absolute Gasteiger partial charge is 0.301 e. The standard InChI is InChI=1S/C12H27N3O2S/c1-4-10-18(16,17)13-11-12(3)15-8-6-14(5-2)7-9-15/h12-13H,4-11H2,1-3H3/t12-/m1/s1. The van der Waals surface area contributed by atoms with Crippen LogP contribution in [0.3, 0.4) is 0 Å². The molecule has 1 atom stereocenters. The van der Waals surface area contributed by atoms with E-state index in [0.29, 0.717) is 13.0 Å². The second-order valence-electron chi connectivity index (χ2n) is 4.99. The first-order valence-electron chi connectivity index (χ1n) is 6.92. The van der Waals surface area contributed by atoms with Crippen LogP contribution in [0.2, 0.25) is 0 Å². The summed E-state index contributed by atoms with van der Waals surface area (Å²) < 4.78 is 25.9. The van der Waals surface area contributed by atoms with Crippen molar-refractivity contribution in [3.05, 3.63) is 0 Å². The van der Waals surface area contributed by atoms with Crippen molar-refractivity contribution in [2.75, 3.05) is 45.0 Å². The number of likely N-dealkylation sites (N-methyl/N-ethyl adjacent to an activating group) is 1. The summed E-state index contributed by atoms with van der Waals surface area (Å²) in [5, 5.41) is 0. The minimum absolute atomic E-state index is 0.226. The van der Waals surface area contributed by atoms with Crippen LogP contribution in [0, 0.1) is 0 Å². The summed E-state index contributed by atoms with van der Waals surface area (Å²) in [6.07, 6.45) is 0.666. The summed E-state index contributed by atoms with van der Waals surface area (Å²) in [6.45, 7) is 12.0. The summed E-state index contributed by atoms with van der Waals surface area (Å²) in [7, 11) is -3.07. The summed E-state index contributed by atoms with van der Waals surface area (Å²) in [4.78, 5) is 4.78. The molecule has 0 amide bonds. The first-order valence-corrected chi connectivity index (χ1v) is 8.57. The van der Waals surface area contributed by atoms with Crippen molar-refractivity contribution in [2.45, 2.75) is 33.2 Å². The fourth-order valence-electron chi connectivity index (χ4n) is 2.24. The summed E-state index contributed by atoms with van der Waals surface area (Å²) in [6, 6.07) is 0.274. The van der Waals surface area contributed by atoms with Gasteiger partial charge in [-0.05, 0) is 19.9 Å². The maximum absolute atomic E-state index is 11.6. The predicted molar refractivity (Wildman–Crippen MR) is 75.2 cm³/mol. The lowest BCUT2D eigenvalue weighted by Crippen LogP contribution is -2.52. The number of piperazine rings is 1. The van der Waals surface area contributed by atoms with Gasteiger partial charge in [-0.1, -0.05) is 13.8 Å². The van der Waals surface area contributed by atoms with Crippen molar-refractivity contribution < 1.29 is 8.42 Å². The van der Waals surface area contributed by atoms with Crippen LogP contribution in [0.25, 0.3) is 0 Å². The van der Waals surface area contributed by atoms with E-state index in [1.807, 2.05) is 6.92 Å². The minimum Gasteiger partial charge on any atom is -0.301 e.